The van der Waals surface area contributed by atoms with Crippen molar-refractivity contribution in [3.8, 4) is 0 Å². The van der Waals surface area contributed by atoms with Gasteiger partial charge in [0.2, 0.25) is 0 Å². The van der Waals surface area contributed by atoms with Gasteiger partial charge >= 0.3 is 5.97 Å². The molecule has 0 fully saturated rings. The van der Waals surface area contributed by atoms with E-state index in [0.29, 0.717) is 17.7 Å². The summed E-state index contributed by atoms with van der Waals surface area (Å²) in [4.78, 5) is 28.1. The number of Topliss-reactive ketones (excluding diaryl/α,β-unsaturated/α-hetero) is 1. The summed E-state index contributed by atoms with van der Waals surface area (Å²) in [7, 11) is 0. The Morgan fingerprint density at radius 3 is 2.59 bits per heavy atom. The molecule has 0 aliphatic heterocycles. The van der Waals surface area contributed by atoms with Gasteiger partial charge in [0, 0.05) is 23.4 Å². The standard InChI is InChI=1S/C22H18FNO3/c23-18-10-7-17(8-11-18)21(25)6-3-15-27-22(26)14-13-19-12-9-16-4-1-2-5-20(16)24-19/h1-2,4-5,7-14H,3,6,15H2. The van der Waals surface area contributed by atoms with Gasteiger partial charge in [-0.05, 0) is 48.9 Å². The number of hydrogen-bond acceptors (Lipinski definition) is 4. The molecular weight excluding hydrogens is 345 g/mol. The maximum atomic E-state index is 12.8. The molecule has 0 saturated heterocycles. The SMILES string of the molecule is O=C(C=Cc1ccc2ccccc2n1)OCCCC(=O)c1ccc(F)cc1. The van der Waals surface area contributed by atoms with Crippen molar-refractivity contribution < 1.29 is 18.7 Å². The number of esters is 1. The molecule has 0 amide bonds. The number of ketones is 1. The van der Waals surface area contributed by atoms with Gasteiger partial charge in [0.05, 0.1) is 17.8 Å². The van der Waals surface area contributed by atoms with Crippen LogP contribution in [0.15, 0.2) is 66.7 Å². The molecule has 27 heavy (non-hydrogen) atoms. The van der Waals surface area contributed by atoms with Gasteiger partial charge in [-0.25, -0.2) is 14.2 Å². The van der Waals surface area contributed by atoms with Crippen LogP contribution in [0.5, 0.6) is 0 Å². The lowest BCUT2D eigenvalue weighted by atomic mass is 10.1. The number of rotatable bonds is 7. The van der Waals surface area contributed by atoms with Crippen molar-refractivity contribution in [3.05, 3.63) is 83.8 Å². The third-order valence-corrected chi connectivity index (χ3v) is 3.97. The molecular formula is C22H18FNO3. The van der Waals surface area contributed by atoms with Crippen molar-refractivity contribution in [1.29, 1.82) is 0 Å². The number of pyridine rings is 1. The number of ether oxygens (including phenoxy) is 1. The molecule has 0 N–H and O–H groups in total. The zero-order valence-electron chi connectivity index (χ0n) is 14.6. The van der Waals surface area contributed by atoms with E-state index in [1.807, 2.05) is 36.4 Å². The van der Waals surface area contributed by atoms with E-state index < -0.39 is 5.97 Å². The first kappa shape index (κ1) is 18.5. The van der Waals surface area contributed by atoms with Crippen LogP contribution in [0.25, 0.3) is 17.0 Å². The highest BCUT2D eigenvalue weighted by atomic mass is 19.1. The molecule has 5 heteroatoms. The molecule has 4 nitrogen and oxygen atoms in total. The predicted molar refractivity (Wildman–Crippen MR) is 102 cm³/mol. The van der Waals surface area contributed by atoms with Crippen LogP contribution in [-0.2, 0) is 9.53 Å². The average molecular weight is 363 g/mol. The minimum atomic E-state index is -0.487. The van der Waals surface area contributed by atoms with Gasteiger partial charge in [0.1, 0.15) is 5.82 Å². The van der Waals surface area contributed by atoms with E-state index in [1.165, 1.54) is 30.3 Å². The third kappa shape index (κ3) is 5.31. The summed E-state index contributed by atoms with van der Waals surface area (Å²) in [6, 6.07) is 16.9. The van der Waals surface area contributed by atoms with Crippen LogP contribution in [0.3, 0.4) is 0 Å². The van der Waals surface area contributed by atoms with Crippen LogP contribution >= 0.6 is 0 Å². The van der Waals surface area contributed by atoms with Crippen LogP contribution < -0.4 is 0 Å². The second-order valence-electron chi connectivity index (χ2n) is 5.96. The first-order valence-electron chi connectivity index (χ1n) is 8.61. The highest BCUT2D eigenvalue weighted by Crippen LogP contribution is 2.12. The molecule has 0 unspecified atom stereocenters. The highest BCUT2D eigenvalue weighted by molar-refractivity contribution is 5.96. The zero-order valence-corrected chi connectivity index (χ0v) is 14.6. The number of para-hydroxylation sites is 1. The number of hydrogen-bond donors (Lipinski definition) is 0. The fourth-order valence-corrected chi connectivity index (χ4v) is 2.56. The quantitative estimate of drug-likeness (QED) is 0.267. The smallest absolute Gasteiger partial charge is 0.330 e. The Morgan fingerprint density at radius 1 is 1.00 bits per heavy atom. The van der Waals surface area contributed by atoms with Crippen LogP contribution in [0.4, 0.5) is 4.39 Å². The minimum Gasteiger partial charge on any atom is -0.463 e. The van der Waals surface area contributed by atoms with E-state index in [1.54, 1.807) is 6.08 Å². The van der Waals surface area contributed by atoms with E-state index in [9.17, 15) is 14.0 Å². The molecule has 0 bridgehead atoms. The fraction of sp³-hybridized carbons (Fsp3) is 0.136. The molecule has 0 aliphatic rings. The maximum Gasteiger partial charge on any atom is 0.330 e. The molecule has 0 spiro atoms. The Balaban J connectivity index is 1.44. The third-order valence-electron chi connectivity index (χ3n) is 3.97. The number of benzene rings is 2. The van der Waals surface area contributed by atoms with Gasteiger partial charge < -0.3 is 4.74 Å². The van der Waals surface area contributed by atoms with Crippen LogP contribution in [0.1, 0.15) is 28.9 Å². The second kappa shape index (κ2) is 8.85. The molecule has 136 valence electrons. The predicted octanol–water partition coefficient (Wildman–Crippen LogP) is 4.59. The van der Waals surface area contributed by atoms with E-state index >= 15 is 0 Å². The molecule has 3 aromatic rings. The van der Waals surface area contributed by atoms with E-state index in [4.69, 9.17) is 4.74 Å². The first-order valence-corrected chi connectivity index (χ1v) is 8.61. The number of fused-ring (bicyclic) bond motifs is 1. The van der Waals surface area contributed by atoms with Crippen LogP contribution in [0.2, 0.25) is 0 Å². The monoisotopic (exact) mass is 363 g/mol. The largest absolute Gasteiger partial charge is 0.463 e. The van der Waals surface area contributed by atoms with E-state index in [0.717, 1.165) is 10.9 Å². The Bertz CT molecular complexity index is 980. The normalized spacial score (nSPS) is 11.0. The topological polar surface area (TPSA) is 56.3 Å². The lowest BCUT2D eigenvalue weighted by Crippen LogP contribution is -2.05. The zero-order chi connectivity index (χ0) is 19.1. The van der Waals surface area contributed by atoms with Crippen molar-refractivity contribution in [2.75, 3.05) is 6.61 Å². The Kier molecular flexibility index (Phi) is 6.05. The lowest BCUT2D eigenvalue weighted by molar-refractivity contribution is -0.137. The molecule has 1 heterocycles. The molecule has 0 radical (unpaired) electrons. The van der Waals surface area contributed by atoms with Gasteiger partial charge in [-0.3, -0.25) is 4.79 Å². The number of carbonyl (C=O) groups is 2. The van der Waals surface area contributed by atoms with Gasteiger partial charge in [-0.15, -0.1) is 0 Å². The van der Waals surface area contributed by atoms with Crippen molar-refractivity contribution >= 4 is 28.7 Å². The number of nitrogens with zero attached hydrogens (tertiary/aromatic N) is 1. The second-order valence-corrected chi connectivity index (χ2v) is 5.96. The average Bonchev–Trinajstić information content (AvgIpc) is 2.70. The summed E-state index contributed by atoms with van der Waals surface area (Å²) < 4.78 is 17.9. The summed E-state index contributed by atoms with van der Waals surface area (Å²) in [6.07, 6.45) is 3.55. The van der Waals surface area contributed by atoms with Gasteiger partial charge in [0.25, 0.3) is 0 Å². The molecule has 0 atom stereocenters. The minimum absolute atomic E-state index is 0.109. The summed E-state index contributed by atoms with van der Waals surface area (Å²) >= 11 is 0. The molecule has 0 saturated carbocycles. The van der Waals surface area contributed by atoms with Crippen molar-refractivity contribution in [2.45, 2.75) is 12.8 Å². The number of aromatic nitrogens is 1. The van der Waals surface area contributed by atoms with Crippen LogP contribution in [-0.4, -0.2) is 23.3 Å². The van der Waals surface area contributed by atoms with Crippen molar-refractivity contribution in [2.24, 2.45) is 0 Å². The summed E-state index contributed by atoms with van der Waals surface area (Å²) in [6.45, 7) is 0.140. The van der Waals surface area contributed by atoms with Gasteiger partial charge in [0.15, 0.2) is 5.78 Å². The highest BCUT2D eigenvalue weighted by Gasteiger charge is 2.06. The summed E-state index contributed by atoms with van der Waals surface area (Å²) in [5.74, 6) is -0.977. The van der Waals surface area contributed by atoms with Crippen molar-refractivity contribution in [3.63, 3.8) is 0 Å². The molecule has 1 aromatic heterocycles. The van der Waals surface area contributed by atoms with E-state index in [-0.39, 0.29) is 24.6 Å². The number of halogens is 1. The fourth-order valence-electron chi connectivity index (χ4n) is 2.56. The molecule has 2 aromatic carbocycles. The Morgan fingerprint density at radius 2 is 1.78 bits per heavy atom. The van der Waals surface area contributed by atoms with E-state index in [2.05, 4.69) is 4.98 Å². The Labute approximate surface area is 156 Å². The molecule has 3 rings (SSSR count). The van der Waals surface area contributed by atoms with Crippen LogP contribution in [0, 0.1) is 5.82 Å². The number of carbonyl (C=O) groups excluding carboxylic acids is 2. The summed E-state index contributed by atoms with van der Waals surface area (Å²) in [5.41, 5.74) is 1.97. The van der Waals surface area contributed by atoms with Gasteiger partial charge in [-0.1, -0.05) is 24.3 Å². The Hall–Kier alpha value is -3.34. The van der Waals surface area contributed by atoms with Crippen molar-refractivity contribution in [1.82, 2.24) is 4.98 Å². The molecule has 0 aliphatic carbocycles. The first-order chi connectivity index (χ1) is 13.1. The summed E-state index contributed by atoms with van der Waals surface area (Å²) in [5, 5.41) is 1.03. The van der Waals surface area contributed by atoms with Gasteiger partial charge in [-0.2, -0.15) is 0 Å². The maximum absolute atomic E-state index is 12.8. The lowest BCUT2D eigenvalue weighted by Gasteiger charge is -2.03.